The Morgan fingerprint density at radius 1 is 0.862 bits per heavy atom. The van der Waals surface area contributed by atoms with Crippen LogP contribution in [0.3, 0.4) is 0 Å². The van der Waals surface area contributed by atoms with Crippen LogP contribution in [0.1, 0.15) is 33.2 Å². The van der Waals surface area contributed by atoms with Gasteiger partial charge in [0.2, 0.25) is 5.91 Å². The van der Waals surface area contributed by atoms with Gasteiger partial charge in [0.1, 0.15) is 0 Å². The van der Waals surface area contributed by atoms with E-state index in [2.05, 4.69) is 11.2 Å². The predicted molar refractivity (Wildman–Crippen MR) is 113 cm³/mol. The summed E-state index contributed by atoms with van der Waals surface area (Å²) in [6, 6.07) is 23.2. The van der Waals surface area contributed by atoms with Gasteiger partial charge in [-0.15, -0.1) is 6.42 Å². The number of hydrogen-bond acceptors (Lipinski definition) is 3. The Morgan fingerprint density at radius 3 is 1.93 bits per heavy atom. The van der Waals surface area contributed by atoms with Crippen LogP contribution in [0, 0.1) is 12.3 Å². The highest BCUT2D eigenvalue weighted by molar-refractivity contribution is 6.34. The third-order valence-corrected chi connectivity index (χ3v) is 4.17. The van der Waals surface area contributed by atoms with Crippen molar-refractivity contribution in [1.29, 1.82) is 0 Å². The maximum Gasteiger partial charge on any atom is 0.266 e. The van der Waals surface area contributed by atoms with Crippen LogP contribution < -0.4 is 10.2 Å². The largest absolute Gasteiger partial charge is 0.326 e. The number of benzene rings is 3. The van der Waals surface area contributed by atoms with E-state index in [-0.39, 0.29) is 11.8 Å². The first-order valence-electron chi connectivity index (χ1n) is 8.88. The van der Waals surface area contributed by atoms with Crippen molar-refractivity contribution in [3.8, 4) is 12.3 Å². The van der Waals surface area contributed by atoms with Crippen molar-refractivity contribution in [3.05, 3.63) is 95.6 Å². The summed E-state index contributed by atoms with van der Waals surface area (Å²) in [5.41, 5.74) is 2.21. The Morgan fingerprint density at radius 2 is 1.41 bits per heavy atom. The molecule has 1 aliphatic rings. The molecule has 142 valence electrons. The fourth-order valence-corrected chi connectivity index (χ4v) is 2.85. The minimum absolute atomic E-state index is 0.194. The van der Waals surface area contributed by atoms with Crippen LogP contribution in [0.2, 0.25) is 0 Å². The Bertz CT molecular complexity index is 1070. The third kappa shape index (κ3) is 4.40. The van der Waals surface area contributed by atoms with Gasteiger partial charge in [0.15, 0.2) is 0 Å². The van der Waals surface area contributed by atoms with Crippen LogP contribution in [-0.4, -0.2) is 17.7 Å². The zero-order valence-corrected chi connectivity index (χ0v) is 15.8. The summed E-state index contributed by atoms with van der Waals surface area (Å²) in [5, 5.41) is 2.63. The van der Waals surface area contributed by atoms with Gasteiger partial charge in [0, 0.05) is 18.2 Å². The molecule has 0 bridgehead atoms. The minimum atomic E-state index is -0.408. The number of anilines is 2. The topological polar surface area (TPSA) is 66.5 Å². The van der Waals surface area contributed by atoms with Crippen LogP contribution >= 0.6 is 0 Å². The molecular weight excluding hydrogens is 364 g/mol. The van der Waals surface area contributed by atoms with Crippen molar-refractivity contribution in [1.82, 2.24) is 0 Å². The van der Waals surface area contributed by atoms with Gasteiger partial charge < -0.3 is 5.32 Å². The average Bonchev–Trinajstić information content (AvgIpc) is 3.00. The predicted octanol–water partition coefficient (Wildman–Crippen LogP) is 4.11. The number of amides is 3. The van der Waals surface area contributed by atoms with Gasteiger partial charge in [0.25, 0.3) is 11.8 Å². The lowest BCUT2D eigenvalue weighted by molar-refractivity contribution is -0.114. The van der Waals surface area contributed by atoms with Crippen LogP contribution in [-0.2, 0) is 4.79 Å². The SMILES string of the molecule is C#Cc1ccc2c(c1)C(=O)N(c1ccc(NC(C)=O)cc1)C2=O.c1ccccc1. The molecule has 29 heavy (non-hydrogen) atoms. The Balaban J connectivity index is 0.000000343. The van der Waals surface area contributed by atoms with E-state index in [0.29, 0.717) is 28.1 Å². The molecule has 4 rings (SSSR count). The van der Waals surface area contributed by atoms with E-state index >= 15 is 0 Å². The van der Waals surface area contributed by atoms with Gasteiger partial charge in [-0.1, -0.05) is 42.3 Å². The van der Waals surface area contributed by atoms with Crippen LogP contribution in [0.25, 0.3) is 0 Å². The van der Waals surface area contributed by atoms with Gasteiger partial charge in [-0.25, -0.2) is 4.90 Å². The fraction of sp³-hybridized carbons (Fsp3) is 0.0417. The maximum atomic E-state index is 12.5. The number of terminal acetylenes is 1. The van der Waals surface area contributed by atoms with Crippen molar-refractivity contribution in [2.75, 3.05) is 10.2 Å². The van der Waals surface area contributed by atoms with Gasteiger partial charge >= 0.3 is 0 Å². The smallest absolute Gasteiger partial charge is 0.266 e. The number of carbonyl (C=O) groups is 3. The van der Waals surface area contributed by atoms with Crippen molar-refractivity contribution >= 4 is 29.1 Å². The second-order valence-corrected chi connectivity index (χ2v) is 6.23. The van der Waals surface area contributed by atoms with E-state index in [1.807, 2.05) is 36.4 Å². The molecule has 0 spiro atoms. The van der Waals surface area contributed by atoms with E-state index in [1.165, 1.54) is 6.92 Å². The highest BCUT2D eigenvalue weighted by Gasteiger charge is 2.36. The summed E-state index contributed by atoms with van der Waals surface area (Å²) in [4.78, 5) is 37.1. The van der Waals surface area contributed by atoms with Crippen LogP contribution in [0.4, 0.5) is 11.4 Å². The molecule has 0 aliphatic carbocycles. The zero-order valence-electron chi connectivity index (χ0n) is 15.8. The van der Waals surface area contributed by atoms with E-state index in [0.717, 1.165) is 4.90 Å². The fourth-order valence-electron chi connectivity index (χ4n) is 2.85. The van der Waals surface area contributed by atoms with Crippen LogP contribution in [0.15, 0.2) is 78.9 Å². The normalized spacial score (nSPS) is 11.8. The van der Waals surface area contributed by atoms with Crippen molar-refractivity contribution in [2.24, 2.45) is 0 Å². The molecule has 3 amide bonds. The molecule has 1 N–H and O–H groups in total. The quantitative estimate of drug-likeness (QED) is 0.536. The van der Waals surface area contributed by atoms with E-state index in [1.54, 1.807) is 42.5 Å². The standard InChI is InChI=1S/C18H12N2O3.C6H6/c1-3-12-4-9-15-16(10-12)18(23)20(17(15)22)14-7-5-13(6-8-14)19-11(2)21;1-2-4-6-5-3-1/h1,4-10H,2H3,(H,19,21);1-6H. The number of imide groups is 1. The molecule has 0 radical (unpaired) electrons. The first-order chi connectivity index (χ1) is 14.0. The minimum Gasteiger partial charge on any atom is -0.326 e. The summed E-state index contributed by atoms with van der Waals surface area (Å²) in [6.45, 7) is 1.40. The van der Waals surface area contributed by atoms with Gasteiger partial charge in [0.05, 0.1) is 16.8 Å². The second-order valence-electron chi connectivity index (χ2n) is 6.23. The molecule has 5 nitrogen and oxygen atoms in total. The Hall–Kier alpha value is -4.17. The Labute approximate surface area is 169 Å². The summed E-state index contributed by atoms with van der Waals surface area (Å²) >= 11 is 0. The van der Waals surface area contributed by atoms with Gasteiger partial charge in [-0.3, -0.25) is 14.4 Å². The highest BCUT2D eigenvalue weighted by Crippen LogP contribution is 2.29. The number of nitrogens with zero attached hydrogens (tertiary/aromatic N) is 1. The molecule has 0 aromatic heterocycles. The average molecular weight is 382 g/mol. The molecule has 0 fully saturated rings. The molecule has 1 heterocycles. The van der Waals surface area contributed by atoms with Crippen molar-refractivity contribution < 1.29 is 14.4 Å². The summed E-state index contributed by atoms with van der Waals surface area (Å²) < 4.78 is 0. The lowest BCUT2D eigenvalue weighted by atomic mass is 10.1. The summed E-state index contributed by atoms with van der Waals surface area (Å²) in [7, 11) is 0. The summed E-state index contributed by atoms with van der Waals surface area (Å²) in [6.07, 6.45) is 5.33. The number of fused-ring (bicyclic) bond motifs is 1. The van der Waals surface area contributed by atoms with Crippen LogP contribution in [0.5, 0.6) is 0 Å². The van der Waals surface area contributed by atoms with Crippen molar-refractivity contribution in [3.63, 3.8) is 0 Å². The summed E-state index contributed by atoms with van der Waals surface area (Å²) in [5.74, 6) is 1.46. The molecule has 3 aromatic rings. The highest BCUT2D eigenvalue weighted by atomic mass is 16.2. The third-order valence-electron chi connectivity index (χ3n) is 4.17. The van der Waals surface area contributed by atoms with E-state index < -0.39 is 5.91 Å². The van der Waals surface area contributed by atoms with Gasteiger partial charge in [-0.05, 0) is 42.5 Å². The first-order valence-corrected chi connectivity index (χ1v) is 8.88. The molecule has 0 unspecified atom stereocenters. The molecular formula is C24H18N2O3. The molecule has 0 saturated carbocycles. The van der Waals surface area contributed by atoms with E-state index in [9.17, 15) is 14.4 Å². The molecule has 1 aliphatic heterocycles. The lowest BCUT2D eigenvalue weighted by Gasteiger charge is -2.14. The first kappa shape index (κ1) is 19.6. The molecule has 3 aromatic carbocycles. The molecule has 5 heteroatoms. The lowest BCUT2D eigenvalue weighted by Crippen LogP contribution is -2.29. The zero-order chi connectivity index (χ0) is 20.8. The number of rotatable bonds is 2. The number of hydrogen-bond donors (Lipinski definition) is 1. The molecule has 0 atom stereocenters. The molecule has 0 saturated heterocycles. The second kappa shape index (κ2) is 8.68. The van der Waals surface area contributed by atoms with E-state index in [4.69, 9.17) is 6.42 Å². The monoisotopic (exact) mass is 382 g/mol. The van der Waals surface area contributed by atoms with Crippen molar-refractivity contribution in [2.45, 2.75) is 6.92 Å². The number of carbonyl (C=O) groups excluding carboxylic acids is 3. The Kier molecular flexibility index (Phi) is 5.86. The number of nitrogens with one attached hydrogen (secondary N) is 1. The van der Waals surface area contributed by atoms with Gasteiger partial charge in [-0.2, -0.15) is 0 Å². The maximum absolute atomic E-state index is 12.5.